The number of hydrogen-bond acceptors (Lipinski definition) is 5. The van der Waals surface area contributed by atoms with Crippen LogP contribution in [0.3, 0.4) is 0 Å². The Bertz CT molecular complexity index is 1060. The molecule has 1 N–H and O–H groups in total. The van der Waals surface area contributed by atoms with Crippen molar-refractivity contribution in [1.82, 2.24) is 4.98 Å². The fourth-order valence-electron chi connectivity index (χ4n) is 2.39. The Morgan fingerprint density at radius 3 is 2.69 bits per heavy atom. The summed E-state index contributed by atoms with van der Waals surface area (Å²) in [7, 11) is -3.42. The number of aromatic nitrogens is 1. The minimum Gasteiger partial charge on any atom is -0.325 e. The van der Waals surface area contributed by atoms with Crippen LogP contribution in [0.1, 0.15) is 5.69 Å². The Morgan fingerprint density at radius 2 is 1.96 bits per heavy atom. The van der Waals surface area contributed by atoms with Crippen LogP contribution >= 0.6 is 27.3 Å². The molecule has 1 amide bonds. The summed E-state index contributed by atoms with van der Waals surface area (Å²) in [6.45, 7) is 0. The van der Waals surface area contributed by atoms with Gasteiger partial charge in [-0.15, -0.1) is 11.3 Å². The standard InChI is InChI=1S/C18H15BrN2O3S2/c1-26(23,24)16-8-3-2-7-15(16)21-17(22)10-14-11-25-18(20-14)12-5-4-6-13(19)9-12/h2-9,11H,10H2,1H3,(H,21,22). The number of halogens is 1. The molecule has 5 nitrogen and oxygen atoms in total. The lowest BCUT2D eigenvalue weighted by molar-refractivity contribution is -0.115. The summed E-state index contributed by atoms with van der Waals surface area (Å²) >= 11 is 4.89. The van der Waals surface area contributed by atoms with Gasteiger partial charge in [0.2, 0.25) is 5.91 Å². The van der Waals surface area contributed by atoms with Crippen molar-refractivity contribution in [3.63, 3.8) is 0 Å². The summed E-state index contributed by atoms with van der Waals surface area (Å²) in [5.41, 5.74) is 1.89. The minimum absolute atomic E-state index is 0.0720. The molecule has 0 aliphatic heterocycles. The van der Waals surface area contributed by atoms with Crippen LogP contribution < -0.4 is 5.32 Å². The van der Waals surface area contributed by atoms with Gasteiger partial charge in [-0.3, -0.25) is 4.79 Å². The lowest BCUT2D eigenvalue weighted by Gasteiger charge is -2.09. The fraction of sp³-hybridized carbons (Fsp3) is 0.111. The Labute approximate surface area is 164 Å². The first-order chi connectivity index (χ1) is 12.3. The van der Waals surface area contributed by atoms with E-state index >= 15 is 0 Å². The second-order valence-corrected chi connectivity index (χ2v) is 9.41. The number of sulfone groups is 1. The van der Waals surface area contributed by atoms with Crippen LogP contribution in [0.25, 0.3) is 10.6 Å². The fourth-order valence-corrected chi connectivity index (χ4v) is 4.45. The van der Waals surface area contributed by atoms with E-state index in [-0.39, 0.29) is 22.9 Å². The summed E-state index contributed by atoms with van der Waals surface area (Å²) in [4.78, 5) is 16.9. The molecule has 134 valence electrons. The van der Waals surface area contributed by atoms with Gasteiger partial charge in [-0.25, -0.2) is 13.4 Å². The van der Waals surface area contributed by atoms with E-state index in [1.54, 1.807) is 18.2 Å². The monoisotopic (exact) mass is 450 g/mol. The van der Waals surface area contributed by atoms with E-state index in [1.807, 2.05) is 29.6 Å². The molecule has 0 bridgehead atoms. The molecule has 0 spiro atoms. The zero-order chi connectivity index (χ0) is 18.7. The number of carbonyl (C=O) groups is 1. The predicted molar refractivity (Wildman–Crippen MR) is 107 cm³/mol. The number of nitrogens with one attached hydrogen (secondary N) is 1. The van der Waals surface area contributed by atoms with E-state index in [4.69, 9.17) is 0 Å². The van der Waals surface area contributed by atoms with Crippen molar-refractivity contribution >= 4 is 48.7 Å². The third kappa shape index (κ3) is 4.57. The molecule has 3 aromatic rings. The van der Waals surface area contributed by atoms with Gasteiger partial charge in [0.1, 0.15) is 5.01 Å². The zero-order valence-corrected chi connectivity index (χ0v) is 17.0. The maximum absolute atomic E-state index is 12.3. The second kappa shape index (κ2) is 7.69. The van der Waals surface area contributed by atoms with Crippen LogP contribution in [0, 0.1) is 0 Å². The van der Waals surface area contributed by atoms with Crippen LogP contribution in [-0.4, -0.2) is 25.6 Å². The van der Waals surface area contributed by atoms with Crippen LogP contribution in [0.15, 0.2) is 63.3 Å². The van der Waals surface area contributed by atoms with Gasteiger partial charge < -0.3 is 5.32 Å². The smallest absolute Gasteiger partial charge is 0.230 e. The number of thiazole rings is 1. The maximum Gasteiger partial charge on any atom is 0.230 e. The molecule has 0 fully saturated rings. The first-order valence-electron chi connectivity index (χ1n) is 7.62. The Morgan fingerprint density at radius 1 is 1.19 bits per heavy atom. The number of para-hydroxylation sites is 1. The normalized spacial score (nSPS) is 11.3. The van der Waals surface area contributed by atoms with Crippen LogP contribution in [0.5, 0.6) is 0 Å². The molecule has 1 aromatic heterocycles. The van der Waals surface area contributed by atoms with Crippen molar-refractivity contribution in [2.45, 2.75) is 11.3 Å². The highest BCUT2D eigenvalue weighted by atomic mass is 79.9. The van der Waals surface area contributed by atoms with Crippen LogP contribution in [0.2, 0.25) is 0 Å². The number of hydrogen-bond donors (Lipinski definition) is 1. The SMILES string of the molecule is CS(=O)(=O)c1ccccc1NC(=O)Cc1csc(-c2cccc(Br)c2)n1. The first kappa shape index (κ1) is 18.8. The van der Waals surface area contributed by atoms with E-state index < -0.39 is 9.84 Å². The van der Waals surface area contributed by atoms with Gasteiger partial charge >= 0.3 is 0 Å². The highest BCUT2D eigenvalue weighted by molar-refractivity contribution is 9.10. The zero-order valence-electron chi connectivity index (χ0n) is 13.8. The summed E-state index contributed by atoms with van der Waals surface area (Å²) in [5, 5.41) is 5.32. The number of amides is 1. The number of rotatable bonds is 5. The van der Waals surface area contributed by atoms with Gasteiger partial charge in [0, 0.05) is 21.7 Å². The van der Waals surface area contributed by atoms with Gasteiger partial charge in [0.15, 0.2) is 9.84 Å². The summed E-state index contributed by atoms with van der Waals surface area (Å²) in [5.74, 6) is -0.313. The molecule has 2 aromatic carbocycles. The average molecular weight is 451 g/mol. The number of nitrogens with zero attached hydrogens (tertiary/aromatic N) is 1. The van der Waals surface area contributed by atoms with Crippen molar-refractivity contribution in [3.05, 3.63) is 64.1 Å². The molecule has 0 saturated heterocycles. The molecular weight excluding hydrogens is 436 g/mol. The molecule has 0 atom stereocenters. The van der Waals surface area contributed by atoms with E-state index in [0.717, 1.165) is 21.3 Å². The molecule has 3 rings (SSSR count). The molecule has 0 unspecified atom stereocenters. The van der Waals surface area contributed by atoms with Crippen molar-refractivity contribution < 1.29 is 13.2 Å². The largest absolute Gasteiger partial charge is 0.325 e. The van der Waals surface area contributed by atoms with E-state index in [0.29, 0.717) is 5.69 Å². The lowest BCUT2D eigenvalue weighted by atomic mass is 10.2. The van der Waals surface area contributed by atoms with E-state index in [9.17, 15) is 13.2 Å². The Kier molecular flexibility index (Phi) is 5.55. The minimum atomic E-state index is -3.42. The van der Waals surface area contributed by atoms with Crippen molar-refractivity contribution in [1.29, 1.82) is 0 Å². The summed E-state index contributed by atoms with van der Waals surface area (Å²) < 4.78 is 24.6. The van der Waals surface area contributed by atoms with Crippen LogP contribution in [0.4, 0.5) is 5.69 Å². The second-order valence-electron chi connectivity index (χ2n) is 5.65. The maximum atomic E-state index is 12.3. The highest BCUT2D eigenvalue weighted by Crippen LogP contribution is 2.26. The van der Waals surface area contributed by atoms with Crippen molar-refractivity contribution in [3.8, 4) is 10.6 Å². The molecule has 0 saturated carbocycles. The van der Waals surface area contributed by atoms with Gasteiger partial charge in [-0.2, -0.15) is 0 Å². The quantitative estimate of drug-likeness (QED) is 0.632. The number of carbonyl (C=O) groups excluding carboxylic acids is 1. The van der Waals surface area contributed by atoms with Crippen LogP contribution in [-0.2, 0) is 21.1 Å². The van der Waals surface area contributed by atoms with Crippen molar-refractivity contribution in [2.75, 3.05) is 11.6 Å². The predicted octanol–water partition coefficient (Wildman–Crippen LogP) is 4.16. The molecular formula is C18H15BrN2O3S2. The molecule has 26 heavy (non-hydrogen) atoms. The Balaban J connectivity index is 1.74. The lowest BCUT2D eigenvalue weighted by Crippen LogP contribution is -2.16. The molecule has 1 heterocycles. The molecule has 0 aliphatic carbocycles. The van der Waals surface area contributed by atoms with Gasteiger partial charge in [-0.05, 0) is 24.3 Å². The summed E-state index contributed by atoms with van der Waals surface area (Å²) in [6, 6.07) is 14.1. The number of anilines is 1. The topological polar surface area (TPSA) is 76.1 Å². The van der Waals surface area contributed by atoms with Crippen molar-refractivity contribution in [2.24, 2.45) is 0 Å². The molecule has 0 aliphatic rings. The van der Waals surface area contributed by atoms with Gasteiger partial charge in [0.05, 0.1) is 22.7 Å². The van der Waals surface area contributed by atoms with Gasteiger partial charge in [-0.1, -0.05) is 40.2 Å². The molecule has 0 radical (unpaired) electrons. The third-order valence-electron chi connectivity index (χ3n) is 3.53. The average Bonchev–Trinajstić information content (AvgIpc) is 3.02. The highest BCUT2D eigenvalue weighted by Gasteiger charge is 2.15. The number of benzene rings is 2. The van der Waals surface area contributed by atoms with Gasteiger partial charge in [0.25, 0.3) is 0 Å². The summed E-state index contributed by atoms with van der Waals surface area (Å²) in [6.07, 6.45) is 1.19. The molecule has 8 heteroatoms. The first-order valence-corrected chi connectivity index (χ1v) is 11.2. The van der Waals surface area contributed by atoms with E-state index in [1.165, 1.54) is 17.4 Å². The Hall–Kier alpha value is -2.03. The third-order valence-corrected chi connectivity index (χ3v) is 6.11. The van der Waals surface area contributed by atoms with E-state index in [2.05, 4.69) is 26.2 Å².